The molecule has 1 aromatic rings. The molecule has 1 fully saturated rings. The largest absolute Gasteiger partial charge is 0.416 e. The van der Waals surface area contributed by atoms with Crippen molar-refractivity contribution in [2.45, 2.75) is 24.6 Å². The summed E-state index contributed by atoms with van der Waals surface area (Å²) in [5, 5.41) is 10.2. The van der Waals surface area contributed by atoms with Gasteiger partial charge in [0, 0.05) is 6.61 Å². The van der Waals surface area contributed by atoms with E-state index < -0.39 is 17.3 Å². The average molecular weight is 246 g/mol. The highest BCUT2D eigenvalue weighted by atomic mass is 19.4. The topological polar surface area (TPSA) is 29.5 Å². The van der Waals surface area contributed by atoms with Gasteiger partial charge in [0.25, 0.3) is 0 Å². The number of benzene rings is 1. The molecule has 94 valence electrons. The van der Waals surface area contributed by atoms with Crippen molar-refractivity contribution in [2.24, 2.45) is 0 Å². The summed E-state index contributed by atoms with van der Waals surface area (Å²) < 4.78 is 42.8. The molecule has 0 bridgehead atoms. The highest BCUT2D eigenvalue weighted by molar-refractivity contribution is 5.30. The molecule has 0 aromatic heterocycles. The molecule has 1 N–H and O–H groups in total. The van der Waals surface area contributed by atoms with Crippen molar-refractivity contribution in [3.63, 3.8) is 0 Å². The molecule has 0 saturated carbocycles. The Kier molecular flexibility index (Phi) is 3.14. The molecular weight excluding hydrogens is 233 g/mol. The van der Waals surface area contributed by atoms with Crippen LogP contribution in [0.25, 0.3) is 0 Å². The summed E-state index contributed by atoms with van der Waals surface area (Å²) in [5.74, 6) is 0. The fraction of sp³-hybridized carbons (Fsp3) is 0.500. The SMILES string of the molecule is OC1(c2cccc(C(F)(F)F)c2)CCCOC1. The molecule has 1 unspecified atom stereocenters. The molecule has 0 radical (unpaired) electrons. The van der Waals surface area contributed by atoms with Crippen LogP contribution >= 0.6 is 0 Å². The second-order valence-electron chi connectivity index (χ2n) is 4.27. The van der Waals surface area contributed by atoms with Crippen molar-refractivity contribution in [3.8, 4) is 0 Å². The normalized spacial score (nSPS) is 25.9. The van der Waals surface area contributed by atoms with E-state index in [1.807, 2.05) is 0 Å². The van der Waals surface area contributed by atoms with E-state index in [4.69, 9.17) is 4.74 Å². The van der Waals surface area contributed by atoms with Crippen LogP contribution in [0.4, 0.5) is 13.2 Å². The summed E-state index contributed by atoms with van der Waals surface area (Å²) in [6, 6.07) is 4.81. The van der Waals surface area contributed by atoms with Crippen molar-refractivity contribution in [2.75, 3.05) is 13.2 Å². The van der Waals surface area contributed by atoms with Crippen molar-refractivity contribution < 1.29 is 23.0 Å². The van der Waals surface area contributed by atoms with Crippen LogP contribution in [0.15, 0.2) is 24.3 Å². The maximum absolute atomic E-state index is 12.5. The smallest absolute Gasteiger partial charge is 0.383 e. The molecule has 2 nitrogen and oxygen atoms in total. The van der Waals surface area contributed by atoms with E-state index >= 15 is 0 Å². The Balaban J connectivity index is 2.32. The molecule has 1 atom stereocenters. The molecule has 0 aliphatic carbocycles. The van der Waals surface area contributed by atoms with Gasteiger partial charge in [-0.15, -0.1) is 0 Å². The summed E-state index contributed by atoms with van der Waals surface area (Å²) in [6.07, 6.45) is -3.32. The lowest BCUT2D eigenvalue weighted by atomic mass is 9.87. The Hall–Kier alpha value is -1.07. The zero-order valence-corrected chi connectivity index (χ0v) is 9.13. The molecule has 1 aliphatic rings. The second kappa shape index (κ2) is 4.31. The molecule has 0 amide bonds. The van der Waals surface area contributed by atoms with Crippen LogP contribution in [0.3, 0.4) is 0 Å². The Morgan fingerprint density at radius 1 is 1.29 bits per heavy atom. The maximum Gasteiger partial charge on any atom is 0.416 e. The van der Waals surface area contributed by atoms with Gasteiger partial charge in [-0.05, 0) is 30.5 Å². The number of ether oxygens (including phenoxy) is 1. The summed E-state index contributed by atoms with van der Waals surface area (Å²) in [5.41, 5.74) is -1.76. The number of alkyl halides is 3. The third kappa shape index (κ3) is 2.61. The number of aliphatic hydroxyl groups is 1. The van der Waals surface area contributed by atoms with Gasteiger partial charge in [0.15, 0.2) is 0 Å². The fourth-order valence-electron chi connectivity index (χ4n) is 1.99. The van der Waals surface area contributed by atoms with Gasteiger partial charge < -0.3 is 9.84 Å². The molecule has 0 spiro atoms. The van der Waals surface area contributed by atoms with Crippen LogP contribution in [0.5, 0.6) is 0 Å². The summed E-state index contributed by atoms with van der Waals surface area (Å²) >= 11 is 0. The molecule has 1 aromatic carbocycles. The molecule has 1 heterocycles. The Labute approximate surface area is 97.0 Å². The van der Waals surface area contributed by atoms with Gasteiger partial charge in [0.1, 0.15) is 5.60 Å². The van der Waals surface area contributed by atoms with Gasteiger partial charge in [-0.3, -0.25) is 0 Å². The third-order valence-corrected chi connectivity index (χ3v) is 2.95. The van der Waals surface area contributed by atoms with Gasteiger partial charge in [-0.25, -0.2) is 0 Å². The van der Waals surface area contributed by atoms with Crippen molar-refractivity contribution in [1.82, 2.24) is 0 Å². The predicted molar refractivity (Wildman–Crippen MR) is 55.4 cm³/mol. The molecular formula is C12H13F3O2. The van der Waals surface area contributed by atoms with Crippen LogP contribution < -0.4 is 0 Å². The molecule has 1 saturated heterocycles. The maximum atomic E-state index is 12.5. The van der Waals surface area contributed by atoms with E-state index in [1.54, 1.807) is 0 Å². The highest BCUT2D eigenvalue weighted by Crippen LogP contribution is 2.35. The first-order valence-corrected chi connectivity index (χ1v) is 5.40. The van der Waals surface area contributed by atoms with Gasteiger partial charge in [0.2, 0.25) is 0 Å². The van der Waals surface area contributed by atoms with Crippen LogP contribution in [-0.4, -0.2) is 18.3 Å². The Bertz CT molecular complexity index is 395. The molecule has 17 heavy (non-hydrogen) atoms. The Morgan fingerprint density at radius 2 is 2.06 bits per heavy atom. The first-order valence-electron chi connectivity index (χ1n) is 5.40. The minimum absolute atomic E-state index is 0.0499. The van der Waals surface area contributed by atoms with Crippen molar-refractivity contribution in [3.05, 3.63) is 35.4 Å². The highest BCUT2D eigenvalue weighted by Gasteiger charge is 2.35. The number of halogens is 3. The van der Waals surface area contributed by atoms with Gasteiger partial charge in [-0.2, -0.15) is 13.2 Å². The number of rotatable bonds is 1. The zero-order valence-electron chi connectivity index (χ0n) is 9.13. The minimum atomic E-state index is -4.39. The van der Waals surface area contributed by atoms with Crippen molar-refractivity contribution in [1.29, 1.82) is 0 Å². The average Bonchev–Trinajstić information content (AvgIpc) is 2.29. The van der Waals surface area contributed by atoms with Gasteiger partial charge >= 0.3 is 6.18 Å². The Morgan fingerprint density at radius 3 is 2.65 bits per heavy atom. The number of hydrogen-bond acceptors (Lipinski definition) is 2. The van der Waals surface area contributed by atoms with E-state index in [0.717, 1.165) is 12.1 Å². The first-order chi connectivity index (χ1) is 7.92. The fourth-order valence-corrected chi connectivity index (χ4v) is 1.99. The van der Waals surface area contributed by atoms with E-state index in [-0.39, 0.29) is 12.2 Å². The molecule has 1 aliphatic heterocycles. The quantitative estimate of drug-likeness (QED) is 0.825. The zero-order chi connectivity index (χ0) is 12.5. The minimum Gasteiger partial charge on any atom is -0.383 e. The van der Waals surface area contributed by atoms with E-state index in [1.165, 1.54) is 12.1 Å². The summed E-state index contributed by atoms with van der Waals surface area (Å²) in [6.45, 7) is 0.593. The monoisotopic (exact) mass is 246 g/mol. The van der Waals surface area contributed by atoms with E-state index in [2.05, 4.69) is 0 Å². The molecule has 5 heteroatoms. The van der Waals surface area contributed by atoms with Crippen LogP contribution in [0.2, 0.25) is 0 Å². The lowest BCUT2D eigenvalue weighted by Gasteiger charge is -2.32. The van der Waals surface area contributed by atoms with Crippen LogP contribution in [0.1, 0.15) is 24.0 Å². The predicted octanol–water partition coefficient (Wildman–Crippen LogP) is 2.70. The third-order valence-electron chi connectivity index (χ3n) is 2.95. The lowest BCUT2D eigenvalue weighted by molar-refractivity contribution is -0.138. The molecule has 2 rings (SSSR count). The second-order valence-corrected chi connectivity index (χ2v) is 4.27. The lowest BCUT2D eigenvalue weighted by Crippen LogP contribution is -2.36. The summed E-state index contributed by atoms with van der Waals surface area (Å²) in [4.78, 5) is 0. The van der Waals surface area contributed by atoms with E-state index in [0.29, 0.717) is 19.4 Å². The van der Waals surface area contributed by atoms with Crippen LogP contribution in [0, 0.1) is 0 Å². The van der Waals surface area contributed by atoms with Crippen molar-refractivity contribution >= 4 is 0 Å². The van der Waals surface area contributed by atoms with Gasteiger partial charge in [0.05, 0.1) is 12.2 Å². The summed E-state index contributed by atoms with van der Waals surface area (Å²) in [7, 11) is 0. The van der Waals surface area contributed by atoms with E-state index in [9.17, 15) is 18.3 Å². The first kappa shape index (κ1) is 12.4. The van der Waals surface area contributed by atoms with Gasteiger partial charge in [-0.1, -0.05) is 12.1 Å². The van der Waals surface area contributed by atoms with Crippen LogP contribution in [-0.2, 0) is 16.5 Å². The number of hydrogen-bond donors (Lipinski definition) is 1. The standard InChI is InChI=1S/C12H13F3O2/c13-12(14,15)10-4-1-3-9(7-10)11(16)5-2-6-17-8-11/h1,3-4,7,16H,2,5-6,8H2.